The Labute approximate surface area is 140 Å². The van der Waals surface area contributed by atoms with Gasteiger partial charge in [-0.3, -0.25) is 0 Å². The maximum Gasteiger partial charge on any atom is 0.257 e. The zero-order valence-corrected chi connectivity index (χ0v) is 13.9. The summed E-state index contributed by atoms with van der Waals surface area (Å²) in [6.07, 6.45) is 0. The van der Waals surface area contributed by atoms with Crippen LogP contribution >= 0.6 is 0 Å². The van der Waals surface area contributed by atoms with Gasteiger partial charge in [0.2, 0.25) is 0 Å². The van der Waals surface area contributed by atoms with Crippen LogP contribution in [0.1, 0.15) is 30.3 Å². The van der Waals surface area contributed by atoms with E-state index in [9.17, 15) is 0 Å². The van der Waals surface area contributed by atoms with Crippen LogP contribution in [0.3, 0.4) is 0 Å². The molecule has 1 unspecified atom stereocenters. The van der Waals surface area contributed by atoms with Gasteiger partial charge >= 0.3 is 0 Å². The topological polar surface area (TPSA) is 86.0 Å². The molecule has 0 bridgehead atoms. The summed E-state index contributed by atoms with van der Waals surface area (Å²) in [5, 5.41) is 7.32. The van der Waals surface area contributed by atoms with E-state index in [0.29, 0.717) is 30.0 Å². The van der Waals surface area contributed by atoms with Crippen molar-refractivity contribution < 1.29 is 9.26 Å². The normalized spacial score (nSPS) is 12.1. The van der Waals surface area contributed by atoms with E-state index in [0.717, 1.165) is 11.3 Å². The number of ether oxygens (including phenoxy) is 1. The second-order valence-electron chi connectivity index (χ2n) is 5.43. The predicted molar refractivity (Wildman–Crippen MR) is 89.3 cm³/mol. The highest BCUT2D eigenvalue weighted by Gasteiger charge is 2.15. The predicted octanol–water partition coefficient (Wildman–Crippen LogP) is 3.15. The van der Waals surface area contributed by atoms with Crippen LogP contribution in [0, 0.1) is 6.92 Å². The molecule has 0 radical (unpaired) electrons. The molecule has 0 spiro atoms. The summed E-state index contributed by atoms with van der Waals surface area (Å²) >= 11 is 0. The first-order valence-electron chi connectivity index (χ1n) is 7.65. The molecule has 0 aliphatic carbocycles. The Bertz CT molecular complexity index is 804. The van der Waals surface area contributed by atoms with E-state index in [1.165, 1.54) is 0 Å². The zero-order valence-electron chi connectivity index (χ0n) is 13.9. The largest absolute Gasteiger partial charge is 0.377 e. The molecule has 2 heterocycles. The maximum absolute atomic E-state index is 5.34. The quantitative estimate of drug-likeness (QED) is 0.745. The van der Waals surface area contributed by atoms with E-state index < -0.39 is 0 Å². The average molecular weight is 325 g/mol. The molecular weight excluding hydrogens is 306 g/mol. The molecule has 1 N–H and O–H groups in total. The van der Waals surface area contributed by atoms with Crippen molar-refractivity contribution in [3.05, 3.63) is 53.7 Å². The standard InChI is InChI=1S/C17H19N5O2/c1-11-9-14(20-15(18-11)10-23-3)19-12(2)16-21-17(24-22-16)13-7-5-4-6-8-13/h4-9,12H,10H2,1-3H3,(H,18,19,20). The van der Waals surface area contributed by atoms with E-state index in [1.54, 1.807) is 7.11 Å². The summed E-state index contributed by atoms with van der Waals surface area (Å²) in [6.45, 7) is 4.23. The van der Waals surface area contributed by atoms with Crippen molar-refractivity contribution in [2.75, 3.05) is 12.4 Å². The summed E-state index contributed by atoms with van der Waals surface area (Å²) in [6, 6.07) is 11.4. The van der Waals surface area contributed by atoms with Crippen LogP contribution in [0.5, 0.6) is 0 Å². The van der Waals surface area contributed by atoms with Gasteiger partial charge in [0.05, 0.1) is 6.04 Å². The lowest BCUT2D eigenvalue weighted by Crippen LogP contribution is -2.11. The Kier molecular flexibility index (Phi) is 4.81. The van der Waals surface area contributed by atoms with Crippen LogP contribution in [0.25, 0.3) is 11.5 Å². The third-order valence-corrected chi connectivity index (χ3v) is 3.39. The minimum atomic E-state index is -0.157. The molecule has 7 nitrogen and oxygen atoms in total. The smallest absolute Gasteiger partial charge is 0.257 e. The molecule has 0 aliphatic heterocycles. The fourth-order valence-corrected chi connectivity index (χ4v) is 2.29. The number of hydrogen-bond donors (Lipinski definition) is 1. The van der Waals surface area contributed by atoms with Gasteiger partial charge in [-0.05, 0) is 26.0 Å². The lowest BCUT2D eigenvalue weighted by molar-refractivity contribution is 0.177. The van der Waals surface area contributed by atoms with Crippen LogP contribution in [-0.4, -0.2) is 27.2 Å². The SMILES string of the molecule is COCc1nc(C)cc(NC(C)c2noc(-c3ccccc3)n2)n1. The monoisotopic (exact) mass is 325 g/mol. The molecule has 0 saturated heterocycles. The van der Waals surface area contributed by atoms with Crippen molar-refractivity contribution in [2.45, 2.75) is 26.5 Å². The molecule has 1 aromatic carbocycles. The van der Waals surface area contributed by atoms with Gasteiger partial charge in [-0.1, -0.05) is 23.4 Å². The molecular formula is C17H19N5O2. The third kappa shape index (κ3) is 3.75. The Morgan fingerprint density at radius 1 is 1.17 bits per heavy atom. The molecule has 3 rings (SSSR count). The fraction of sp³-hybridized carbons (Fsp3) is 0.294. The summed E-state index contributed by atoms with van der Waals surface area (Å²) < 4.78 is 10.4. The van der Waals surface area contributed by atoms with E-state index >= 15 is 0 Å². The summed E-state index contributed by atoms with van der Waals surface area (Å²) in [5.41, 5.74) is 1.76. The molecule has 124 valence electrons. The first-order chi connectivity index (χ1) is 11.7. The molecule has 3 aromatic rings. The van der Waals surface area contributed by atoms with E-state index in [-0.39, 0.29) is 6.04 Å². The van der Waals surface area contributed by atoms with Crippen LogP contribution in [0.4, 0.5) is 5.82 Å². The molecule has 0 saturated carbocycles. The number of aryl methyl sites for hydroxylation is 1. The van der Waals surface area contributed by atoms with Gasteiger partial charge in [-0.25, -0.2) is 9.97 Å². The van der Waals surface area contributed by atoms with Crippen molar-refractivity contribution in [2.24, 2.45) is 0 Å². The Balaban J connectivity index is 1.76. The third-order valence-electron chi connectivity index (χ3n) is 3.39. The van der Waals surface area contributed by atoms with Crippen LogP contribution in [0.2, 0.25) is 0 Å². The van der Waals surface area contributed by atoms with Gasteiger partial charge in [-0.2, -0.15) is 4.98 Å². The minimum Gasteiger partial charge on any atom is -0.377 e. The molecule has 1 atom stereocenters. The zero-order chi connectivity index (χ0) is 16.9. The van der Waals surface area contributed by atoms with E-state index in [1.807, 2.05) is 50.2 Å². The fourth-order valence-electron chi connectivity index (χ4n) is 2.29. The van der Waals surface area contributed by atoms with E-state index in [4.69, 9.17) is 9.26 Å². The van der Waals surface area contributed by atoms with Crippen molar-refractivity contribution in [3.8, 4) is 11.5 Å². The van der Waals surface area contributed by atoms with Gasteiger partial charge in [0.15, 0.2) is 11.6 Å². The van der Waals surface area contributed by atoms with Gasteiger partial charge in [0, 0.05) is 24.4 Å². The van der Waals surface area contributed by atoms with Crippen LogP contribution in [0.15, 0.2) is 40.9 Å². The van der Waals surface area contributed by atoms with Crippen molar-refractivity contribution in [1.82, 2.24) is 20.1 Å². The van der Waals surface area contributed by atoms with Gasteiger partial charge in [0.1, 0.15) is 12.4 Å². The molecule has 24 heavy (non-hydrogen) atoms. The number of rotatable bonds is 6. The minimum absolute atomic E-state index is 0.157. The van der Waals surface area contributed by atoms with Gasteiger partial charge in [-0.15, -0.1) is 0 Å². The van der Waals surface area contributed by atoms with Crippen molar-refractivity contribution in [3.63, 3.8) is 0 Å². The highest BCUT2D eigenvalue weighted by Crippen LogP contribution is 2.21. The van der Waals surface area contributed by atoms with Crippen molar-refractivity contribution >= 4 is 5.82 Å². The summed E-state index contributed by atoms with van der Waals surface area (Å²) in [7, 11) is 1.62. The number of nitrogens with one attached hydrogen (secondary N) is 1. The van der Waals surface area contributed by atoms with E-state index in [2.05, 4.69) is 25.4 Å². The number of hydrogen-bond acceptors (Lipinski definition) is 7. The number of aromatic nitrogens is 4. The van der Waals surface area contributed by atoms with Crippen LogP contribution in [-0.2, 0) is 11.3 Å². The Hall–Kier alpha value is -2.80. The number of nitrogens with zero attached hydrogens (tertiary/aromatic N) is 4. The molecule has 0 amide bonds. The lowest BCUT2D eigenvalue weighted by Gasteiger charge is -2.12. The number of benzene rings is 1. The first-order valence-corrected chi connectivity index (χ1v) is 7.65. The second-order valence-corrected chi connectivity index (χ2v) is 5.43. The second kappa shape index (κ2) is 7.18. The average Bonchev–Trinajstić information content (AvgIpc) is 3.05. The molecule has 2 aromatic heterocycles. The molecule has 0 fully saturated rings. The first kappa shape index (κ1) is 16.1. The van der Waals surface area contributed by atoms with Gasteiger partial charge in [0.25, 0.3) is 5.89 Å². The van der Waals surface area contributed by atoms with Gasteiger partial charge < -0.3 is 14.6 Å². The summed E-state index contributed by atoms with van der Waals surface area (Å²) in [4.78, 5) is 13.2. The molecule has 0 aliphatic rings. The highest BCUT2D eigenvalue weighted by atomic mass is 16.5. The lowest BCUT2D eigenvalue weighted by atomic mass is 10.2. The number of methoxy groups -OCH3 is 1. The Morgan fingerprint density at radius 2 is 1.96 bits per heavy atom. The highest BCUT2D eigenvalue weighted by molar-refractivity contribution is 5.52. The summed E-state index contributed by atoms with van der Waals surface area (Å²) in [5.74, 6) is 2.40. The van der Waals surface area contributed by atoms with Crippen LogP contribution < -0.4 is 5.32 Å². The van der Waals surface area contributed by atoms with Crippen molar-refractivity contribution in [1.29, 1.82) is 0 Å². The number of anilines is 1. The Morgan fingerprint density at radius 3 is 2.71 bits per heavy atom. The maximum atomic E-state index is 5.34. The molecule has 7 heteroatoms.